The molecular formula is C21H24N4O2. The fourth-order valence-corrected chi connectivity index (χ4v) is 3.21. The molecule has 0 atom stereocenters. The second-order valence-electron chi connectivity index (χ2n) is 6.79. The zero-order chi connectivity index (χ0) is 19.2. The van der Waals surface area contributed by atoms with Crippen LogP contribution in [0.2, 0.25) is 0 Å². The van der Waals surface area contributed by atoms with Crippen molar-refractivity contribution in [1.82, 2.24) is 5.43 Å². The monoisotopic (exact) mass is 364 g/mol. The van der Waals surface area contributed by atoms with E-state index >= 15 is 0 Å². The Bertz CT molecular complexity index is 872. The fourth-order valence-electron chi connectivity index (χ4n) is 3.21. The number of amides is 2. The summed E-state index contributed by atoms with van der Waals surface area (Å²) in [5, 5.41) is 7.00. The van der Waals surface area contributed by atoms with Gasteiger partial charge in [-0.25, -0.2) is 5.43 Å². The van der Waals surface area contributed by atoms with E-state index < -0.39 is 0 Å². The minimum Gasteiger partial charge on any atom is -0.399 e. The van der Waals surface area contributed by atoms with Gasteiger partial charge in [-0.05, 0) is 74.1 Å². The third-order valence-electron chi connectivity index (χ3n) is 4.61. The van der Waals surface area contributed by atoms with Crippen LogP contribution in [0.15, 0.2) is 47.6 Å². The lowest BCUT2D eigenvalue weighted by molar-refractivity contribution is -0.115. The Hall–Kier alpha value is -3.15. The summed E-state index contributed by atoms with van der Waals surface area (Å²) in [5.41, 5.74) is 13.1. The van der Waals surface area contributed by atoms with Gasteiger partial charge in [-0.3, -0.25) is 9.59 Å². The van der Waals surface area contributed by atoms with Crippen LogP contribution < -0.4 is 16.5 Å². The lowest BCUT2D eigenvalue weighted by Crippen LogP contribution is -2.22. The van der Waals surface area contributed by atoms with Gasteiger partial charge in [-0.2, -0.15) is 5.10 Å². The van der Waals surface area contributed by atoms with Crippen molar-refractivity contribution in [2.45, 2.75) is 39.0 Å². The van der Waals surface area contributed by atoms with Gasteiger partial charge in [0.05, 0.1) is 6.42 Å². The first-order valence-corrected chi connectivity index (χ1v) is 9.12. The van der Waals surface area contributed by atoms with Crippen LogP contribution >= 0.6 is 0 Å². The van der Waals surface area contributed by atoms with Crippen LogP contribution in [-0.4, -0.2) is 17.5 Å². The Balaban J connectivity index is 1.57. The van der Waals surface area contributed by atoms with Crippen molar-refractivity contribution in [1.29, 1.82) is 0 Å². The minimum atomic E-state index is -0.341. The molecule has 2 amide bonds. The molecule has 2 aromatic rings. The number of nitrogens with two attached hydrogens (primary N) is 1. The number of fused-ring (bicyclic) bond motifs is 1. The first-order chi connectivity index (χ1) is 13.0. The van der Waals surface area contributed by atoms with Crippen molar-refractivity contribution in [3.63, 3.8) is 0 Å². The summed E-state index contributed by atoms with van der Waals surface area (Å²) in [6.07, 6.45) is 4.53. The highest BCUT2D eigenvalue weighted by Crippen LogP contribution is 2.27. The highest BCUT2D eigenvalue weighted by molar-refractivity contribution is 6.06. The first kappa shape index (κ1) is 18.6. The number of nitrogen functional groups attached to an aromatic ring is 1. The van der Waals surface area contributed by atoms with Gasteiger partial charge in [0, 0.05) is 22.6 Å². The van der Waals surface area contributed by atoms with E-state index in [-0.39, 0.29) is 18.2 Å². The van der Waals surface area contributed by atoms with Crippen molar-refractivity contribution in [2.24, 2.45) is 5.10 Å². The van der Waals surface area contributed by atoms with Crippen LogP contribution in [0.3, 0.4) is 0 Å². The quantitative estimate of drug-likeness (QED) is 0.431. The van der Waals surface area contributed by atoms with Gasteiger partial charge in [0.2, 0.25) is 5.91 Å². The maximum Gasteiger partial charge on any atom is 0.271 e. The van der Waals surface area contributed by atoms with Gasteiger partial charge in [0.1, 0.15) is 0 Å². The molecule has 0 heterocycles. The predicted octanol–water partition coefficient (Wildman–Crippen LogP) is 3.28. The van der Waals surface area contributed by atoms with E-state index in [1.807, 2.05) is 12.1 Å². The molecule has 0 saturated heterocycles. The van der Waals surface area contributed by atoms with Crippen molar-refractivity contribution < 1.29 is 9.59 Å². The number of hydrogen-bond donors (Lipinski definition) is 3. The van der Waals surface area contributed by atoms with Crippen LogP contribution in [0.4, 0.5) is 11.4 Å². The summed E-state index contributed by atoms with van der Waals surface area (Å²) in [4.78, 5) is 24.4. The van der Waals surface area contributed by atoms with Gasteiger partial charge in [0.15, 0.2) is 0 Å². The number of nitrogens with zero attached hydrogens (tertiary/aromatic N) is 1. The number of carbonyl (C=O) groups excluding carboxylic acids is 2. The number of benzene rings is 2. The molecule has 0 spiro atoms. The van der Waals surface area contributed by atoms with Gasteiger partial charge in [-0.15, -0.1) is 0 Å². The van der Waals surface area contributed by atoms with Crippen molar-refractivity contribution in [3.8, 4) is 0 Å². The van der Waals surface area contributed by atoms with Crippen LogP contribution in [0.5, 0.6) is 0 Å². The van der Waals surface area contributed by atoms with Gasteiger partial charge in [-0.1, -0.05) is 12.1 Å². The SMILES string of the molecule is C/C(CC(=O)Nc1cccc2c1CCCC2)=N/NC(=O)c1ccc(N)cc1. The van der Waals surface area contributed by atoms with E-state index in [1.165, 1.54) is 17.5 Å². The molecule has 0 unspecified atom stereocenters. The maximum absolute atomic E-state index is 12.3. The van der Waals surface area contributed by atoms with E-state index in [0.29, 0.717) is 17.0 Å². The molecular weight excluding hydrogens is 340 g/mol. The van der Waals surface area contributed by atoms with Crippen LogP contribution in [0.1, 0.15) is 47.7 Å². The summed E-state index contributed by atoms with van der Waals surface area (Å²) < 4.78 is 0. The maximum atomic E-state index is 12.3. The smallest absolute Gasteiger partial charge is 0.271 e. The molecule has 1 aliphatic carbocycles. The molecule has 0 saturated carbocycles. The summed E-state index contributed by atoms with van der Waals surface area (Å²) in [5.74, 6) is -0.483. The van der Waals surface area contributed by atoms with E-state index in [0.717, 1.165) is 24.9 Å². The number of rotatable bonds is 5. The highest BCUT2D eigenvalue weighted by Gasteiger charge is 2.15. The minimum absolute atomic E-state index is 0.117. The largest absolute Gasteiger partial charge is 0.399 e. The summed E-state index contributed by atoms with van der Waals surface area (Å²) in [6, 6.07) is 12.6. The molecule has 27 heavy (non-hydrogen) atoms. The van der Waals surface area contributed by atoms with Gasteiger partial charge < -0.3 is 11.1 Å². The van der Waals surface area contributed by atoms with E-state index in [1.54, 1.807) is 31.2 Å². The summed E-state index contributed by atoms with van der Waals surface area (Å²) in [6.45, 7) is 1.71. The molecule has 0 aromatic heterocycles. The van der Waals surface area contributed by atoms with Gasteiger partial charge >= 0.3 is 0 Å². The number of anilines is 2. The zero-order valence-electron chi connectivity index (χ0n) is 15.4. The average Bonchev–Trinajstić information content (AvgIpc) is 2.67. The Morgan fingerprint density at radius 2 is 1.81 bits per heavy atom. The van der Waals surface area contributed by atoms with Crippen LogP contribution in [-0.2, 0) is 17.6 Å². The number of carbonyl (C=O) groups is 2. The number of nitrogens with one attached hydrogen (secondary N) is 2. The molecule has 0 aliphatic heterocycles. The highest BCUT2D eigenvalue weighted by atomic mass is 16.2. The third-order valence-corrected chi connectivity index (χ3v) is 4.61. The molecule has 1 aliphatic rings. The predicted molar refractivity (Wildman–Crippen MR) is 108 cm³/mol. The van der Waals surface area contributed by atoms with E-state index in [9.17, 15) is 9.59 Å². The van der Waals surface area contributed by atoms with E-state index in [4.69, 9.17) is 5.73 Å². The van der Waals surface area contributed by atoms with Crippen LogP contribution in [0, 0.1) is 0 Å². The molecule has 6 heteroatoms. The molecule has 140 valence electrons. The molecule has 0 radical (unpaired) electrons. The fraction of sp³-hybridized carbons (Fsp3) is 0.286. The number of hydrogen-bond acceptors (Lipinski definition) is 4. The average molecular weight is 364 g/mol. The second-order valence-corrected chi connectivity index (χ2v) is 6.79. The molecule has 2 aromatic carbocycles. The first-order valence-electron chi connectivity index (χ1n) is 9.12. The number of hydrazone groups is 1. The Morgan fingerprint density at radius 3 is 2.59 bits per heavy atom. The summed E-state index contributed by atoms with van der Waals surface area (Å²) in [7, 11) is 0. The molecule has 0 fully saturated rings. The van der Waals surface area contributed by atoms with Crippen molar-refractivity contribution in [3.05, 3.63) is 59.2 Å². The summed E-state index contributed by atoms with van der Waals surface area (Å²) >= 11 is 0. The molecule has 0 bridgehead atoms. The van der Waals surface area contributed by atoms with Crippen molar-refractivity contribution in [2.75, 3.05) is 11.1 Å². The Kier molecular flexibility index (Phi) is 5.86. The number of aryl methyl sites for hydroxylation is 1. The topological polar surface area (TPSA) is 96.6 Å². The lowest BCUT2D eigenvalue weighted by Gasteiger charge is -2.19. The third kappa shape index (κ3) is 4.94. The standard InChI is InChI=1S/C21H24N4O2/c1-14(24-25-21(27)16-9-11-17(22)12-10-16)13-20(26)23-19-8-4-6-15-5-2-3-7-18(15)19/h4,6,8-12H,2-3,5,7,13,22H2,1H3,(H,23,26)(H,25,27)/b24-14-. The molecule has 3 rings (SSSR count). The second kappa shape index (κ2) is 8.49. The van der Waals surface area contributed by atoms with Crippen molar-refractivity contribution >= 4 is 28.9 Å². The van der Waals surface area contributed by atoms with E-state index in [2.05, 4.69) is 21.9 Å². The Labute approximate surface area is 158 Å². The van der Waals surface area contributed by atoms with Crippen LogP contribution in [0.25, 0.3) is 0 Å². The Morgan fingerprint density at radius 1 is 1.07 bits per heavy atom. The lowest BCUT2D eigenvalue weighted by atomic mass is 9.90. The zero-order valence-corrected chi connectivity index (χ0v) is 15.4. The molecule has 4 N–H and O–H groups in total. The normalized spacial score (nSPS) is 13.6. The van der Waals surface area contributed by atoms with Gasteiger partial charge in [0.25, 0.3) is 5.91 Å². The molecule has 6 nitrogen and oxygen atoms in total.